The van der Waals surface area contributed by atoms with Crippen LogP contribution in [0, 0.1) is 0 Å². The normalized spacial score (nSPS) is 14.5. The first-order chi connectivity index (χ1) is 9.24. The molecule has 0 aromatic heterocycles. The van der Waals surface area contributed by atoms with Crippen LogP contribution in [-0.4, -0.2) is 25.1 Å². The van der Waals surface area contributed by atoms with Crippen LogP contribution in [0.25, 0.3) is 0 Å². The maximum atomic E-state index is 13.7. The van der Waals surface area contributed by atoms with Gasteiger partial charge in [-0.1, -0.05) is 12.1 Å². The van der Waals surface area contributed by atoms with E-state index in [0.717, 1.165) is 12.1 Å². The van der Waals surface area contributed by atoms with E-state index >= 15 is 0 Å². The zero-order valence-electron chi connectivity index (χ0n) is 10.5. The fourth-order valence-corrected chi connectivity index (χ4v) is 1.46. The number of benzene rings is 1. The van der Waals surface area contributed by atoms with Crippen molar-refractivity contribution in [2.24, 2.45) is 5.73 Å². The molecule has 1 aromatic rings. The van der Waals surface area contributed by atoms with Gasteiger partial charge in [0.1, 0.15) is 5.75 Å². The maximum Gasteiger partial charge on any atom is 0.573 e. The van der Waals surface area contributed by atoms with Crippen molar-refractivity contribution in [2.45, 2.75) is 25.5 Å². The van der Waals surface area contributed by atoms with Crippen molar-refractivity contribution in [3.8, 4) is 5.75 Å². The highest BCUT2D eigenvalue weighted by Gasteiger charge is 2.32. The largest absolute Gasteiger partial charge is 0.573 e. The Bertz CT molecular complexity index is 464. The molecule has 20 heavy (non-hydrogen) atoms. The van der Waals surface area contributed by atoms with E-state index in [4.69, 9.17) is 5.73 Å². The van der Waals surface area contributed by atoms with Crippen LogP contribution in [0.2, 0.25) is 0 Å². The third-order valence-electron chi connectivity index (χ3n) is 2.30. The molecule has 0 fully saturated rings. The van der Waals surface area contributed by atoms with Crippen LogP contribution >= 0.6 is 0 Å². The highest BCUT2D eigenvalue weighted by molar-refractivity contribution is 5.75. The Balaban J connectivity index is 2.85. The van der Waals surface area contributed by atoms with Crippen molar-refractivity contribution in [3.05, 3.63) is 29.8 Å². The Labute approximate surface area is 112 Å². The molecule has 0 radical (unpaired) electrons. The van der Waals surface area contributed by atoms with Gasteiger partial charge in [-0.15, -0.1) is 13.2 Å². The predicted molar refractivity (Wildman–Crippen MR) is 61.6 cm³/mol. The molecule has 0 saturated carbocycles. The standard InChI is InChI=1S/C12H13F4NO3/c1-2-19-11(18)9(13)10(17)7-4-3-5-8(6-7)20-12(14,15)16/h3-6,9-10H,2,17H2,1H3/t9?,10-/m0/s1. The lowest BCUT2D eigenvalue weighted by molar-refractivity contribution is -0.274. The fraction of sp³-hybridized carbons (Fsp3) is 0.417. The Morgan fingerprint density at radius 3 is 2.60 bits per heavy atom. The van der Waals surface area contributed by atoms with Gasteiger partial charge in [0.05, 0.1) is 12.6 Å². The molecule has 4 nitrogen and oxygen atoms in total. The van der Waals surface area contributed by atoms with E-state index in [9.17, 15) is 22.4 Å². The molecule has 112 valence electrons. The number of carbonyl (C=O) groups is 1. The third-order valence-corrected chi connectivity index (χ3v) is 2.30. The van der Waals surface area contributed by atoms with Crippen LogP contribution in [0.3, 0.4) is 0 Å². The minimum Gasteiger partial charge on any atom is -0.464 e. The molecule has 0 aliphatic carbocycles. The summed E-state index contributed by atoms with van der Waals surface area (Å²) >= 11 is 0. The monoisotopic (exact) mass is 295 g/mol. The predicted octanol–water partition coefficient (Wildman–Crippen LogP) is 2.49. The van der Waals surface area contributed by atoms with Gasteiger partial charge in [-0.2, -0.15) is 0 Å². The molecular formula is C12H13F4NO3. The number of nitrogens with two attached hydrogens (primary N) is 1. The molecule has 8 heteroatoms. The van der Waals surface area contributed by atoms with Gasteiger partial charge in [0, 0.05) is 0 Å². The minimum atomic E-state index is -4.86. The number of hydrogen-bond acceptors (Lipinski definition) is 4. The van der Waals surface area contributed by atoms with Crippen molar-refractivity contribution in [1.29, 1.82) is 0 Å². The van der Waals surface area contributed by atoms with E-state index in [0.29, 0.717) is 0 Å². The Morgan fingerprint density at radius 2 is 2.05 bits per heavy atom. The van der Waals surface area contributed by atoms with Gasteiger partial charge in [-0.3, -0.25) is 0 Å². The Hall–Kier alpha value is -1.83. The van der Waals surface area contributed by atoms with E-state index in [2.05, 4.69) is 9.47 Å². The molecule has 2 N–H and O–H groups in total. The van der Waals surface area contributed by atoms with Crippen molar-refractivity contribution in [1.82, 2.24) is 0 Å². The molecule has 0 heterocycles. The molecule has 0 aliphatic rings. The van der Waals surface area contributed by atoms with E-state index in [-0.39, 0.29) is 12.2 Å². The average Bonchev–Trinajstić information content (AvgIpc) is 2.35. The van der Waals surface area contributed by atoms with Crippen LogP contribution in [0.4, 0.5) is 17.6 Å². The number of carbonyl (C=O) groups excluding carboxylic acids is 1. The van der Waals surface area contributed by atoms with Gasteiger partial charge in [0.15, 0.2) is 0 Å². The molecule has 2 atom stereocenters. The zero-order valence-corrected chi connectivity index (χ0v) is 10.5. The zero-order chi connectivity index (χ0) is 15.3. The van der Waals surface area contributed by atoms with Gasteiger partial charge in [0.2, 0.25) is 6.17 Å². The summed E-state index contributed by atoms with van der Waals surface area (Å²) in [6.07, 6.45) is -7.03. The van der Waals surface area contributed by atoms with Crippen LogP contribution in [0.5, 0.6) is 5.75 Å². The second-order valence-corrected chi connectivity index (χ2v) is 3.80. The van der Waals surface area contributed by atoms with E-state index in [1.807, 2.05) is 0 Å². The second kappa shape index (κ2) is 6.56. The highest BCUT2D eigenvalue weighted by atomic mass is 19.4. The quantitative estimate of drug-likeness (QED) is 0.669. The summed E-state index contributed by atoms with van der Waals surface area (Å²) in [7, 11) is 0. The first kappa shape index (κ1) is 16.2. The summed E-state index contributed by atoms with van der Waals surface area (Å²) in [4.78, 5) is 11.2. The van der Waals surface area contributed by atoms with E-state index < -0.39 is 30.3 Å². The van der Waals surface area contributed by atoms with Crippen LogP contribution < -0.4 is 10.5 Å². The summed E-state index contributed by atoms with van der Waals surface area (Å²) in [6.45, 7) is 1.47. The molecule has 0 bridgehead atoms. The van der Waals surface area contributed by atoms with Crippen molar-refractivity contribution < 1.29 is 31.8 Å². The molecule has 0 aliphatic heterocycles. The number of halogens is 4. The Morgan fingerprint density at radius 1 is 1.40 bits per heavy atom. The highest BCUT2D eigenvalue weighted by Crippen LogP contribution is 2.26. The maximum absolute atomic E-state index is 13.7. The lowest BCUT2D eigenvalue weighted by atomic mass is 10.0. The lowest BCUT2D eigenvalue weighted by Gasteiger charge is -2.17. The second-order valence-electron chi connectivity index (χ2n) is 3.80. The summed E-state index contributed by atoms with van der Waals surface area (Å²) in [5.74, 6) is -1.70. The van der Waals surface area contributed by atoms with Gasteiger partial charge < -0.3 is 15.2 Å². The topological polar surface area (TPSA) is 61.5 Å². The summed E-state index contributed by atoms with van der Waals surface area (Å²) in [6, 6.07) is 3.03. The SMILES string of the molecule is CCOC(=O)C(F)[C@@H](N)c1cccc(OC(F)(F)F)c1. The molecule has 1 aromatic carbocycles. The van der Waals surface area contributed by atoms with Gasteiger partial charge >= 0.3 is 12.3 Å². The first-order valence-electron chi connectivity index (χ1n) is 5.66. The van der Waals surface area contributed by atoms with Crippen LogP contribution in [-0.2, 0) is 9.53 Å². The number of ether oxygens (including phenoxy) is 2. The van der Waals surface area contributed by atoms with Crippen LogP contribution in [0.1, 0.15) is 18.5 Å². The summed E-state index contributed by atoms with van der Waals surface area (Å²) < 4.78 is 58.0. The van der Waals surface area contributed by atoms with Crippen molar-refractivity contribution in [3.63, 3.8) is 0 Å². The molecular weight excluding hydrogens is 282 g/mol. The molecule has 1 rings (SSSR count). The van der Waals surface area contributed by atoms with E-state index in [1.54, 1.807) is 0 Å². The first-order valence-corrected chi connectivity index (χ1v) is 5.66. The average molecular weight is 295 g/mol. The lowest BCUT2D eigenvalue weighted by Crippen LogP contribution is -2.31. The number of hydrogen-bond donors (Lipinski definition) is 1. The van der Waals surface area contributed by atoms with Gasteiger partial charge in [-0.05, 0) is 24.6 Å². The van der Waals surface area contributed by atoms with Crippen molar-refractivity contribution in [2.75, 3.05) is 6.61 Å². The fourth-order valence-electron chi connectivity index (χ4n) is 1.46. The third kappa shape index (κ3) is 4.69. The summed E-state index contributed by atoms with van der Waals surface area (Å²) in [5, 5.41) is 0. The Kier molecular flexibility index (Phi) is 5.32. The molecule has 0 saturated heterocycles. The number of rotatable bonds is 5. The molecule has 0 spiro atoms. The van der Waals surface area contributed by atoms with Crippen LogP contribution in [0.15, 0.2) is 24.3 Å². The molecule has 1 unspecified atom stereocenters. The van der Waals surface area contributed by atoms with E-state index in [1.165, 1.54) is 19.1 Å². The van der Waals surface area contributed by atoms with Crippen molar-refractivity contribution >= 4 is 5.97 Å². The summed E-state index contributed by atoms with van der Waals surface area (Å²) in [5.41, 5.74) is 5.48. The minimum absolute atomic E-state index is 0.00713. The molecule has 0 amide bonds. The smallest absolute Gasteiger partial charge is 0.464 e. The van der Waals surface area contributed by atoms with Gasteiger partial charge in [0.25, 0.3) is 0 Å². The number of esters is 1. The number of alkyl halides is 4. The van der Waals surface area contributed by atoms with Gasteiger partial charge in [-0.25, -0.2) is 9.18 Å².